The van der Waals surface area contributed by atoms with Gasteiger partial charge in [-0.05, 0) is 49.4 Å². The van der Waals surface area contributed by atoms with E-state index >= 15 is 0 Å². The van der Waals surface area contributed by atoms with E-state index in [1.807, 2.05) is 36.4 Å². The number of carbonyl (C=O) groups is 1. The zero-order valence-electron chi connectivity index (χ0n) is 16.1. The number of piperidine rings is 1. The van der Waals surface area contributed by atoms with E-state index in [0.29, 0.717) is 31.4 Å². The summed E-state index contributed by atoms with van der Waals surface area (Å²) in [5, 5.41) is 6.38. The SMILES string of the molecule is CC(CC(=O)NCCOc1ccccc1-c1ccccc1)C1CCNCC1. The first-order chi connectivity index (χ1) is 13.2. The monoisotopic (exact) mass is 366 g/mol. The van der Waals surface area contributed by atoms with Crippen LogP contribution in [0.4, 0.5) is 0 Å². The number of amides is 1. The number of ether oxygens (including phenoxy) is 1. The highest BCUT2D eigenvalue weighted by Gasteiger charge is 2.21. The largest absolute Gasteiger partial charge is 0.491 e. The minimum Gasteiger partial charge on any atom is -0.491 e. The summed E-state index contributed by atoms with van der Waals surface area (Å²) in [7, 11) is 0. The molecule has 0 saturated carbocycles. The van der Waals surface area contributed by atoms with Crippen molar-refractivity contribution in [3.63, 3.8) is 0 Å². The molecule has 0 bridgehead atoms. The van der Waals surface area contributed by atoms with Gasteiger partial charge in [0.25, 0.3) is 0 Å². The minimum atomic E-state index is 0.126. The normalized spacial score (nSPS) is 15.9. The fourth-order valence-corrected chi connectivity index (χ4v) is 3.74. The molecule has 3 rings (SSSR count). The number of para-hydroxylation sites is 1. The van der Waals surface area contributed by atoms with E-state index in [2.05, 4.69) is 35.8 Å². The molecule has 1 fully saturated rings. The Kier molecular flexibility index (Phi) is 7.28. The number of benzene rings is 2. The van der Waals surface area contributed by atoms with Gasteiger partial charge in [0.1, 0.15) is 12.4 Å². The molecule has 2 aromatic rings. The lowest BCUT2D eigenvalue weighted by atomic mass is 9.84. The van der Waals surface area contributed by atoms with Crippen LogP contribution in [0.1, 0.15) is 26.2 Å². The van der Waals surface area contributed by atoms with Gasteiger partial charge in [0.2, 0.25) is 5.91 Å². The second-order valence-electron chi connectivity index (χ2n) is 7.33. The zero-order chi connectivity index (χ0) is 18.9. The number of carbonyl (C=O) groups excluding carboxylic acids is 1. The van der Waals surface area contributed by atoms with Crippen LogP contribution in [0, 0.1) is 11.8 Å². The van der Waals surface area contributed by atoms with Crippen molar-refractivity contribution in [2.24, 2.45) is 11.8 Å². The first-order valence-corrected chi connectivity index (χ1v) is 9.98. The van der Waals surface area contributed by atoms with Gasteiger partial charge in [0.15, 0.2) is 0 Å². The van der Waals surface area contributed by atoms with Crippen LogP contribution in [-0.4, -0.2) is 32.1 Å². The molecule has 1 amide bonds. The second kappa shape index (κ2) is 10.1. The van der Waals surface area contributed by atoms with Crippen molar-refractivity contribution >= 4 is 5.91 Å². The molecule has 0 aromatic heterocycles. The summed E-state index contributed by atoms with van der Waals surface area (Å²) in [4.78, 5) is 12.2. The van der Waals surface area contributed by atoms with E-state index in [-0.39, 0.29) is 5.91 Å². The highest BCUT2D eigenvalue weighted by atomic mass is 16.5. The molecule has 4 heteroatoms. The Labute approximate surface area is 162 Å². The summed E-state index contributed by atoms with van der Waals surface area (Å²) in [6, 6.07) is 18.2. The van der Waals surface area contributed by atoms with Crippen molar-refractivity contribution in [2.75, 3.05) is 26.2 Å². The Balaban J connectivity index is 1.43. The maximum atomic E-state index is 12.2. The second-order valence-corrected chi connectivity index (χ2v) is 7.33. The summed E-state index contributed by atoms with van der Waals surface area (Å²) in [6.45, 7) is 5.34. The maximum absolute atomic E-state index is 12.2. The molecule has 0 radical (unpaired) electrons. The predicted molar refractivity (Wildman–Crippen MR) is 110 cm³/mol. The van der Waals surface area contributed by atoms with Crippen LogP contribution in [0.15, 0.2) is 54.6 Å². The van der Waals surface area contributed by atoms with Gasteiger partial charge in [-0.2, -0.15) is 0 Å². The van der Waals surface area contributed by atoms with Crippen LogP contribution in [0.25, 0.3) is 11.1 Å². The van der Waals surface area contributed by atoms with E-state index in [4.69, 9.17) is 4.74 Å². The van der Waals surface area contributed by atoms with Crippen molar-refractivity contribution in [3.05, 3.63) is 54.6 Å². The number of hydrogen-bond donors (Lipinski definition) is 2. The average molecular weight is 367 g/mol. The molecule has 1 heterocycles. The number of nitrogens with one attached hydrogen (secondary N) is 2. The standard InChI is InChI=1S/C23H30N2O2/c1-18(19-11-13-24-14-12-19)17-23(26)25-15-16-27-22-10-6-5-9-21(22)20-7-3-2-4-8-20/h2-10,18-19,24H,11-17H2,1H3,(H,25,26). The van der Waals surface area contributed by atoms with Crippen LogP contribution in [0.5, 0.6) is 5.75 Å². The van der Waals surface area contributed by atoms with Crippen LogP contribution < -0.4 is 15.4 Å². The molecule has 1 saturated heterocycles. The van der Waals surface area contributed by atoms with Gasteiger partial charge in [0.05, 0.1) is 6.54 Å². The smallest absolute Gasteiger partial charge is 0.220 e. The molecule has 2 N–H and O–H groups in total. The fourth-order valence-electron chi connectivity index (χ4n) is 3.74. The van der Waals surface area contributed by atoms with Gasteiger partial charge in [-0.3, -0.25) is 4.79 Å². The van der Waals surface area contributed by atoms with E-state index in [1.165, 1.54) is 12.8 Å². The Morgan fingerprint density at radius 2 is 1.81 bits per heavy atom. The lowest BCUT2D eigenvalue weighted by Crippen LogP contribution is -2.34. The molecule has 1 aliphatic rings. The minimum absolute atomic E-state index is 0.126. The van der Waals surface area contributed by atoms with E-state index in [9.17, 15) is 4.79 Å². The Bertz CT molecular complexity index is 711. The van der Waals surface area contributed by atoms with Crippen molar-refractivity contribution in [3.8, 4) is 16.9 Å². The zero-order valence-corrected chi connectivity index (χ0v) is 16.1. The summed E-state index contributed by atoms with van der Waals surface area (Å²) < 4.78 is 5.94. The Morgan fingerprint density at radius 3 is 2.59 bits per heavy atom. The summed E-state index contributed by atoms with van der Waals surface area (Å²) in [6.07, 6.45) is 2.95. The molecule has 1 unspecified atom stereocenters. The molecule has 0 spiro atoms. The molecule has 1 atom stereocenters. The average Bonchev–Trinajstić information content (AvgIpc) is 2.73. The lowest BCUT2D eigenvalue weighted by Gasteiger charge is -2.27. The molecule has 144 valence electrons. The van der Waals surface area contributed by atoms with Crippen molar-refractivity contribution in [1.82, 2.24) is 10.6 Å². The van der Waals surface area contributed by atoms with E-state index in [1.54, 1.807) is 0 Å². The van der Waals surface area contributed by atoms with Crippen molar-refractivity contribution in [2.45, 2.75) is 26.2 Å². The molecule has 1 aliphatic heterocycles. The van der Waals surface area contributed by atoms with Gasteiger partial charge < -0.3 is 15.4 Å². The van der Waals surface area contributed by atoms with Crippen molar-refractivity contribution in [1.29, 1.82) is 0 Å². The Morgan fingerprint density at radius 1 is 1.11 bits per heavy atom. The first-order valence-electron chi connectivity index (χ1n) is 9.98. The van der Waals surface area contributed by atoms with Crippen LogP contribution in [-0.2, 0) is 4.79 Å². The van der Waals surface area contributed by atoms with Crippen LogP contribution in [0.2, 0.25) is 0 Å². The lowest BCUT2D eigenvalue weighted by molar-refractivity contribution is -0.122. The van der Waals surface area contributed by atoms with Gasteiger partial charge in [-0.25, -0.2) is 0 Å². The maximum Gasteiger partial charge on any atom is 0.220 e. The van der Waals surface area contributed by atoms with E-state index in [0.717, 1.165) is 30.0 Å². The topological polar surface area (TPSA) is 50.4 Å². The highest BCUT2D eigenvalue weighted by molar-refractivity contribution is 5.76. The molecule has 27 heavy (non-hydrogen) atoms. The quantitative estimate of drug-likeness (QED) is 0.697. The molecule has 0 aliphatic carbocycles. The van der Waals surface area contributed by atoms with Gasteiger partial charge in [0, 0.05) is 12.0 Å². The van der Waals surface area contributed by atoms with Crippen LogP contribution in [0.3, 0.4) is 0 Å². The molecule has 4 nitrogen and oxygen atoms in total. The molecule has 2 aromatic carbocycles. The van der Waals surface area contributed by atoms with Gasteiger partial charge in [-0.1, -0.05) is 55.5 Å². The van der Waals surface area contributed by atoms with Crippen molar-refractivity contribution < 1.29 is 9.53 Å². The van der Waals surface area contributed by atoms with Gasteiger partial charge >= 0.3 is 0 Å². The summed E-state index contributed by atoms with van der Waals surface area (Å²) in [5.41, 5.74) is 2.21. The molecular weight excluding hydrogens is 336 g/mol. The summed E-state index contributed by atoms with van der Waals surface area (Å²) in [5.74, 6) is 2.07. The predicted octanol–water partition coefficient (Wildman–Crippen LogP) is 3.87. The third-order valence-electron chi connectivity index (χ3n) is 5.35. The highest BCUT2D eigenvalue weighted by Crippen LogP contribution is 2.29. The fraction of sp³-hybridized carbons (Fsp3) is 0.435. The van der Waals surface area contributed by atoms with Crippen LogP contribution >= 0.6 is 0 Å². The summed E-state index contributed by atoms with van der Waals surface area (Å²) >= 11 is 0. The molecular formula is C23H30N2O2. The first kappa shape index (κ1) is 19.4. The van der Waals surface area contributed by atoms with E-state index < -0.39 is 0 Å². The number of rotatable bonds is 8. The number of hydrogen-bond acceptors (Lipinski definition) is 3. The van der Waals surface area contributed by atoms with Gasteiger partial charge in [-0.15, -0.1) is 0 Å². The Hall–Kier alpha value is -2.33. The third kappa shape index (κ3) is 5.83. The third-order valence-corrected chi connectivity index (χ3v) is 5.35.